The van der Waals surface area contributed by atoms with Crippen molar-refractivity contribution in [2.75, 3.05) is 10.6 Å². The number of nitrogens with zero attached hydrogens (tertiary/aromatic N) is 1. The molecule has 5 aromatic rings. The third-order valence-electron chi connectivity index (χ3n) is 6.40. The maximum Gasteiger partial charge on any atom is 0.272 e. The first-order valence-corrected chi connectivity index (χ1v) is 16.6. The molecule has 1 aromatic heterocycles. The fourth-order valence-electron chi connectivity index (χ4n) is 4.05. The number of thioether (sulfide) groups is 1. The van der Waals surface area contributed by atoms with Crippen LogP contribution in [0, 0.1) is 0 Å². The lowest BCUT2D eigenvalue weighted by molar-refractivity contribution is -0.115. The van der Waals surface area contributed by atoms with Crippen LogP contribution in [-0.2, 0) is 9.59 Å². The molecule has 1 unspecified atom stereocenters. The Morgan fingerprint density at radius 1 is 0.889 bits per heavy atom. The lowest BCUT2D eigenvalue weighted by Crippen LogP contribution is -2.30. The normalized spacial score (nSPS) is 11.8. The van der Waals surface area contributed by atoms with E-state index in [4.69, 9.17) is 11.6 Å². The molecular formula is C34H26BrClN4O3S2. The van der Waals surface area contributed by atoms with Gasteiger partial charge in [-0.3, -0.25) is 14.4 Å². The van der Waals surface area contributed by atoms with Crippen molar-refractivity contribution >= 4 is 85.2 Å². The number of carbonyl (C=O) groups excluding carboxylic acids is 3. The van der Waals surface area contributed by atoms with E-state index in [1.165, 1.54) is 29.2 Å². The summed E-state index contributed by atoms with van der Waals surface area (Å²) in [4.78, 5) is 44.5. The summed E-state index contributed by atoms with van der Waals surface area (Å²) >= 11 is 12.5. The zero-order chi connectivity index (χ0) is 31.8. The molecule has 4 aromatic carbocycles. The largest absolute Gasteiger partial charge is 0.321 e. The molecule has 0 fully saturated rings. The van der Waals surface area contributed by atoms with E-state index in [1.807, 2.05) is 48.7 Å². The van der Waals surface area contributed by atoms with Crippen LogP contribution in [-0.4, -0.2) is 28.0 Å². The fraction of sp³-hybridized carbons (Fsp3) is 0.0588. The van der Waals surface area contributed by atoms with E-state index in [0.29, 0.717) is 27.0 Å². The van der Waals surface area contributed by atoms with Gasteiger partial charge in [-0.25, -0.2) is 4.98 Å². The van der Waals surface area contributed by atoms with Crippen LogP contribution in [0.2, 0.25) is 5.02 Å². The van der Waals surface area contributed by atoms with Gasteiger partial charge in [0.25, 0.3) is 11.8 Å². The number of halogens is 2. The van der Waals surface area contributed by atoms with Gasteiger partial charge in [0.2, 0.25) is 5.91 Å². The van der Waals surface area contributed by atoms with E-state index in [9.17, 15) is 14.4 Å². The van der Waals surface area contributed by atoms with E-state index in [2.05, 4.69) is 36.9 Å². The second-order valence-electron chi connectivity index (χ2n) is 9.67. The number of aromatic nitrogens is 1. The number of anilines is 2. The predicted molar refractivity (Wildman–Crippen MR) is 188 cm³/mol. The van der Waals surface area contributed by atoms with Gasteiger partial charge >= 0.3 is 0 Å². The molecule has 3 N–H and O–H groups in total. The van der Waals surface area contributed by atoms with Crippen molar-refractivity contribution in [1.29, 1.82) is 0 Å². The highest BCUT2D eigenvalue weighted by Gasteiger charge is 2.18. The Bertz CT molecular complexity index is 1850. The van der Waals surface area contributed by atoms with E-state index in [1.54, 1.807) is 66.7 Å². The summed E-state index contributed by atoms with van der Waals surface area (Å²) in [5, 5.41) is 10.9. The van der Waals surface area contributed by atoms with Gasteiger partial charge in [-0.15, -0.1) is 23.1 Å². The fourth-order valence-corrected chi connectivity index (χ4v) is 6.10. The monoisotopic (exact) mass is 716 g/mol. The van der Waals surface area contributed by atoms with Crippen molar-refractivity contribution in [3.05, 3.63) is 135 Å². The number of nitrogens with one attached hydrogen (secondary N) is 3. The third kappa shape index (κ3) is 8.92. The molecule has 0 spiro atoms. The topological polar surface area (TPSA) is 100 Å². The average molecular weight is 718 g/mol. The molecule has 0 saturated heterocycles. The summed E-state index contributed by atoms with van der Waals surface area (Å²) in [6.07, 6.45) is 1.54. The quantitative estimate of drug-likeness (QED) is 0.0991. The number of amides is 3. The molecule has 0 aliphatic rings. The van der Waals surface area contributed by atoms with Gasteiger partial charge < -0.3 is 16.0 Å². The minimum absolute atomic E-state index is 0.0335. The summed E-state index contributed by atoms with van der Waals surface area (Å²) in [6.45, 7) is 1.82. The molecule has 0 radical (unpaired) electrons. The summed E-state index contributed by atoms with van der Waals surface area (Å²) in [5.74, 6) is -1.11. The smallest absolute Gasteiger partial charge is 0.272 e. The molecule has 226 valence electrons. The molecule has 3 amide bonds. The molecular weight excluding hydrogens is 692 g/mol. The first-order chi connectivity index (χ1) is 21.7. The number of thiazole rings is 1. The third-order valence-corrected chi connectivity index (χ3v) is 9.14. The van der Waals surface area contributed by atoms with E-state index in [-0.39, 0.29) is 11.6 Å². The van der Waals surface area contributed by atoms with Crippen molar-refractivity contribution in [2.24, 2.45) is 0 Å². The standard InChI is InChI=1S/C34H26BrClN4O3S2/c1-21(31(41)40-34-39-30(20-44-34)22-11-13-25(35)14-12-22)45-27-17-15-26(16-18-27)37-33(43)29(19-24-9-5-6-10-28(24)36)38-32(42)23-7-3-2-4-8-23/h2-21H,1H3,(H,37,43)(H,38,42)(H,39,40,41)/b29-19-. The summed E-state index contributed by atoms with van der Waals surface area (Å²) in [5.41, 5.74) is 3.31. The van der Waals surface area contributed by atoms with Crippen molar-refractivity contribution in [1.82, 2.24) is 10.3 Å². The Hall–Kier alpha value is -4.22. The highest BCUT2D eigenvalue weighted by atomic mass is 79.9. The van der Waals surface area contributed by atoms with Gasteiger partial charge in [-0.05, 0) is 73.2 Å². The highest BCUT2D eigenvalue weighted by Crippen LogP contribution is 2.29. The molecule has 5 rings (SSSR count). The highest BCUT2D eigenvalue weighted by molar-refractivity contribution is 9.10. The van der Waals surface area contributed by atoms with Crippen LogP contribution in [0.4, 0.5) is 10.8 Å². The van der Waals surface area contributed by atoms with Gasteiger partial charge in [-0.2, -0.15) is 0 Å². The van der Waals surface area contributed by atoms with Gasteiger partial charge in [0.05, 0.1) is 10.9 Å². The van der Waals surface area contributed by atoms with Crippen LogP contribution in [0.5, 0.6) is 0 Å². The molecule has 1 atom stereocenters. The number of rotatable bonds is 10. The maximum atomic E-state index is 13.3. The minimum Gasteiger partial charge on any atom is -0.321 e. The van der Waals surface area contributed by atoms with Crippen LogP contribution in [0.25, 0.3) is 17.3 Å². The zero-order valence-corrected chi connectivity index (χ0v) is 27.8. The lowest BCUT2D eigenvalue weighted by Gasteiger charge is -2.13. The Balaban J connectivity index is 1.21. The molecule has 0 aliphatic carbocycles. The van der Waals surface area contributed by atoms with Crippen LogP contribution in [0.3, 0.4) is 0 Å². The van der Waals surface area contributed by atoms with Crippen LogP contribution in [0.15, 0.2) is 124 Å². The molecule has 0 aliphatic heterocycles. The molecule has 1 heterocycles. The van der Waals surface area contributed by atoms with Crippen molar-refractivity contribution < 1.29 is 14.4 Å². The predicted octanol–water partition coefficient (Wildman–Crippen LogP) is 8.75. The van der Waals surface area contributed by atoms with Gasteiger partial charge in [0.1, 0.15) is 5.70 Å². The number of benzene rings is 4. The van der Waals surface area contributed by atoms with Gasteiger partial charge in [-0.1, -0.05) is 76.1 Å². The summed E-state index contributed by atoms with van der Waals surface area (Å²) < 4.78 is 0.985. The molecule has 0 saturated carbocycles. The van der Waals surface area contributed by atoms with Crippen molar-refractivity contribution in [2.45, 2.75) is 17.1 Å². The van der Waals surface area contributed by atoms with Gasteiger partial charge in [0, 0.05) is 36.6 Å². The van der Waals surface area contributed by atoms with Crippen molar-refractivity contribution in [3.63, 3.8) is 0 Å². The van der Waals surface area contributed by atoms with Crippen molar-refractivity contribution in [3.8, 4) is 11.3 Å². The molecule has 11 heteroatoms. The van der Waals surface area contributed by atoms with E-state index >= 15 is 0 Å². The summed E-state index contributed by atoms with van der Waals surface area (Å²) in [6, 6.07) is 30.6. The maximum absolute atomic E-state index is 13.3. The Labute approximate surface area is 282 Å². The number of carbonyl (C=O) groups is 3. The second kappa shape index (κ2) is 15.2. The summed E-state index contributed by atoms with van der Waals surface area (Å²) in [7, 11) is 0. The second-order valence-corrected chi connectivity index (χ2v) is 13.3. The SMILES string of the molecule is CC(Sc1ccc(NC(=O)/C(=C/c2ccccc2Cl)NC(=O)c2ccccc2)cc1)C(=O)Nc1nc(-c2ccc(Br)cc2)cs1. The zero-order valence-electron chi connectivity index (χ0n) is 23.8. The average Bonchev–Trinajstić information content (AvgIpc) is 3.51. The van der Waals surface area contributed by atoms with E-state index in [0.717, 1.165) is 20.6 Å². The lowest BCUT2D eigenvalue weighted by atomic mass is 10.1. The molecule has 0 bridgehead atoms. The Morgan fingerprint density at radius 3 is 2.29 bits per heavy atom. The minimum atomic E-state index is -0.515. The molecule has 7 nitrogen and oxygen atoms in total. The van der Waals surface area contributed by atoms with Crippen LogP contribution < -0.4 is 16.0 Å². The van der Waals surface area contributed by atoms with Gasteiger partial charge in [0.15, 0.2) is 5.13 Å². The van der Waals surface area contributed by atoms with Crippen LogP contribution in [0.1, 0.15) is 22.8 Å². The Morgan fingerprint density at radius 2 is 1.58 bits per heavy atom. The van der Waals surface area contributed by atoms with Crippen LogP contribution >= 0.6 is 50.6 Å². The molecule has 45 heavy (non-hydrogen) atoms. The first kappa shape index (κ1) is 32.2. The Kier molecular flexibility index (Phi) is 10.9. The number of hydrogen-bond acceptors (Lipinski definition) is 6. The first-order valence-electron chi connectivity index (χ1n) is 13.7. The number of hydrogen-bond donors (Lipinski definition) is 3. The van der Waals surface area contributed by atoms with E-state index < -0.39 is 17.1 Å².